The van der Waals surface area contributed by atoms with Gasteiger partial charge in [-0.25, -0.2) is 0 Å². The number of rotatable bonds is 3. The van der Waals surface area contributed by atoms with E-state index < -0.39 is 0 Å². The normalized spacial score (nSPS) is 36.8. The van der Waals surface area contributed by atoms with Crippen LogP contribution in [0.5, 0.6) is 0 Å². The van der Waals surface area contributed by atoms with Gasteiger partial charge in [-0.2, -0.15) is 0 Å². The standard InChI is InChI=1S/C8H16O4/c1-10-6-3-7(5-9)12-8(4-6)11-2/h6-9H,3-5H2,1-2H3. The number of aliphatic hydroxyl groups is 1. The van der Waals surface area contributed by atoms with Gasteiger partial charge in [-0.3, -0.25) is 0 Å². The van der Waals surface area contributed by atoms with Crippen LogP contribution in [0.2, 0.25) is 0 Å². The molecule has 0 aromatic heterocycles. The Morgan fingerprint density at radius 1 is 1.33 bits per heavy atom. The van der Waals surface area contributed by atoms with Crippen molar-refractivity contribution < 1.29 is 19.3 Å². The molecule has 1 aliphatic rings. The number of methoxy groups -OCH3 is 2. The molecule has 0 radical (unpaired) electrons. The zero-order chi connectivity index (χ0) is 8.97. The summed E-state index contributed by atoms with van der Waals surface area (Å²) in [6.45, 7) is 0.0275. The maximum absolute atomic E-state index is 8.88. The second kappa shape index (κ2) is 4.77. The van der Waals surface area contributed by atoms with Gasteiger partial charge in [0.25, 0.3) is 0 Å². The minimum atomic E-state index is -0.235. The monoisotopic (exact) mass is 176 g/mol. The zero-order valence-electron chi connectivity index (χ0n) is 7.53. The SMILES string of the molecule is COC1CC(CO)OC(OC)C1. The van der Waals surface area contributed by atoms with E-state index in [1.54, 1.807) is 14.2 Å². The summed E-state index contributed by atoms with van der Waals surface area (Å²) in [4.78, 5) is 0. The lowest BCUT2D eigenvalue weighted by molar-refractivity contribution is -0.214. The lowest BCUT2D eigenvalue weighted by Crippen LogP contribution is -2.39. The van der Waals surface area contributed by atoms with Gasteiger partial charge in [-0.1, -0.05) is 0 Å². The van der Waals surface area contributed by atoms with Crippen LogP contribution in [0.3, 0.4) is 0 Å². The highest BCUT2D eigenvalue weighted by atomic mass is 16.7. The fourth-order valence-electron chi connectivity index (χ4n) is 1.39. The summed E-state index contributed by atoms with van der Waals surface area (Å²) in [5, 5.41) is 8.88. The molecule has 1 fully saturated rings. The van der Waals surface area contributed by atoms with Crippen LogP contribution < -0.4 is 0 Å². The van der Waals surface area contributed by atoms with Crippen molar-refractivity contribution in [3.8, 4) is 0 Å². The molecule has 0 aromatic rings. The highest BCUT2D eigenvalue weighted by molar-refractivity contribution is 4.73. The molecule has 0 aliphatic carbocycles. The summed E-state index contributed by atoms with van der Waals surface area (Å²) in [6, 6.07) is 0. The zero-order valence-corrected chi connectivity index (χ0v) is 7.53. The van der Waals surface area contributed by atoms with Gasteiger partial charge in [-0.15, -0.1) is 0 Å². The van der Waals surface area contributed by atoms with Gasteiger partial charge < -0.3 is 19.3 Å². The summed E-state index contributed by atoms with van der Waals surface area (Å²) in [6.07, 6.45) is 1.24. The predicted molar refractivity (Wildman–Crippen MR) is 42.8 cm³/mol. The van der Waals surface area contributed by atoms with Crippen LogP contribution in [0.15, 0.2) is 0 Å². The van der Waals surface area contributed by atoms with E-state index in [-0.39, 0.29) is 25.1 Å². The third-order valence-corrected chi connectivity index (χ3v) is 2.13. The van der Waals surface area contributed by atoms with Gasteiger partial charge in [-0.05, 0) is 0 Å². The number of aliphatic hydroxyl groups excluding tert-OH is 1. The molecule has 1 heterocycles. The highest BCUT2D eigenvalue weighted by Gasteiger charge is 2.28. The Kier molecular flexibility index (Phi) is 3.94. The molecule has 0 spiro atoms. The molecular formula is C8H16O4. The molecule has 0 amide bonds. The first kappa shape index (κ1) is 9.92. The third kappa shape index (κ3) is 2.42. The Balaban J connectivity index is 2.41. The van der Waals surface area contributed by atoms with Crippen molar-refractivity contribution in [3.05, 3.63) is 0 Å². The van der Waals surface area contributed by atoms with Gasteiger partial charge in [0.15, 0.2) is 6.29 Å². The minimum absolute atomic E-state index is 0.0275. The quantitative estimate of drug-likeness (QED) is 0.664. The number of hydrogen-bond acceptors (Lipinski definition) is 4. The van der Waals surface area contributed by atoms with E-state index in [2.05, 4.69) is 0 Å². The van der Waals surface area contributed by atoms with Crippen molar-refractivity contribution in [2.45, 2.75) is 31.3 Å². The van der Waals surface area contributed by atoms with Crippen LogP contribution >= 0.6 is 0 Å². The number of hydrogen-bond donors (Lipinski definition) is 1. The first-order valence-corrected chi connectivity index (χ1v) is 4.12. The average molecular weight is 176 g/mol. The van der Waals surface area contributed by atoms with Crippen molar-refractivity contribution in [1.29, 1.82) is 0 Å². The van der Waals surface area contributed by atoms with Gasteiger partial charge in [0.2, 0.25) is 0 Å². The van der Waals surface area contributed by atoms with E-state index >= 15 is 0 Å². The highest BCUT2D eigenvalue weighted by Crippen LogP contribution is 2.21. The molecule has 4 nitrogen and oxygen atoms in total. The van der Waals surface area contributed by atoms with Gasteiger partial charge in [0, 0.05) is 27.1 Å². The fourth-order valence-corrected chi connectivity index (χ4v) is 1.39. The fraction of sp³-hybridized carbons (Fsp3) is 1.00. The van der Waals surface area contributed by atoms with Crippen LogP contribution in [-0.2, 0) is 14.2 Å². The van der Waals surface area contributed by atoms with Crippen LogP contribution in [0.1, 0.15) is 12.8 Å². The predicted octanol–water partition coefficient (Wildman–Crippen LogP) is 0.145. The molecular weight excluding hydrogens is 160 g/mol. The van der Waals surface area contributed by atoms with Crippen molar-refractivity contribution in [2.75, 3.05) is 20.8 Å². The second-order valence-electron chi connectivity index (χ2n) is 2.94. The molecule has 1 aliphatic heterocycles. The molecule has 12 heavy (non-hydrogen) atoms. The molecule has 1 N–H and O–H groups in total. The summed E-state index contributed by atoms with van der Waals surface area (Å²) in [5.41, 5.74) is 0. The van der Waals surface area contributed by atoms with E-state index in [0.29, 0.717) is 0 Å². The van der Waals surface area contributed by atoms with E-state index in [0.717, 1.165) is 12.8 Å². The smallest absolute Gasteiger partial charge is 0.160 e. The van der Waals surface area contributed by atoms with Crippen LogP contribution in [-0.4, -0.2) is 44.4 Å². The second-order valence-corrected chi connectivity index (χ2v) is 2.94. The maximum Gasteiger partial charge on any atom is 0.160 e. The van der Waals surface area contributed by atoms with Crippen molar-refractivity contribution >= 4 is 0 Å². The summed E-state index contributed by atoms with van der Waals surface area (Å²) in [7, 11) is 3.26. The number of ether oxygens (including phenoxy) is 3. The molecule has 0 aromatic carbocycles. The average Bonchev–Trinajstić information content (AvgIpc) is 2.16. The van der Waals surface area contributed by atoms with Crippen LogP contribution in [0.25, 0.3) is 0 Å². The molecule has 4 heteroatoms. The lowest BCUT2D eigenvalue weighted by atomic mass is 10.1. The van der Waals surface area contributed by atoms with E-state index in [4.69, 9.17) is 19.3 Å². The van der Waals surface area contributed by atoms with Gasteiger partial charge in [0.1, 0.15) is 0 Å². The van der Waals surface area contributed by atoms with E-state index in [9.17, 15) is 0 Å². The Morgan fingerprint density at radius 2 is 2.08 bits per heavy atom. The first-order chi connectivity index (χ1) is 5.80. The first-order valence-electron chi connectivity index (χ1n) is 4.12. The van der Waals surface area contributed by atoms with Gasteiger partial charge in [0.05, 0.1) is 18.8 Å². The van der Waals surface area contributed by atoms with E-state index in [1.807, 2.05) is 0 Å². The maximum atomic E-state index is 8.88. The summed E-state index contributed by atoms with van der Waals surface area (Å²) >= 11 is 0. The summed E-state index contributed by atoms with van der Waals surface area (Å²) < 4.78 is 15.6. The van der Waals surface area contributed by atoms with Crippen LogP contribution in [0.4, 0.5) is 0 Å². The van der Waals surface area contributed by atoms with Gasteiger partial charge >= 0.3 is 0 Å². The molecule has 1 saturated heterocycles. The molecule has 3 unspecified atom stereocenters. The minimum Gasteiger partial charge on any atom is -0.394 e. The van der Waals surface area contributed by atoms with Crippen LogP contribution in [0, 0.1) is 0 Å². The molecule has 0 bridgehead atoms. The molecule has 3 atom stereocenters. The molecule has 1 rings (SSSR count). The Morgan fingerprint density at radius 3 is 2.58 bits per heavy atom. The Labute approximate surface area is 72.4 Å². The van der Waals surface area contributed by atoms with Crippen molar-refractivity contribution in [3.63, 3.8) is 0 Å². The third-order valence-electron chi connectivity index (χ3n) is 2.13. The largest absolute Gasteiger partial charge is 0.394 e. The molecule has 0 saturated carbocycles. The lowest BCUT2D eigenvalue weighted by Gasteiger charge is -2.32. The van der Waals surface area contributed by atoms with Crippen molar-refractivity contribution in [2.24, 2.45) is 0 Å². The van der Waals surface area contributed by atoms with E-state index in [1.165, 1.54) is 0 Å². The Bertz CT molecular complexity index is 98.5. The summed E-state index contributed by atoms with van der Waals surface area (Å²) in [5.74, 6) is 0. The topological polar surface area (TPSA) is 47.9 Å². The Hall–Kier alpha value is -0.160. The van der Waals surface area contributed by atoms with Crippen molar-refractivity contribution in [1.82, 2.24) is 0 Å². The molecule has 72 valence electrons.